The Hall–Kier alpha value is -2.96. The van der Waals surface area contributed by atoms with Crippen LogP contribution in [0.5, 0.6) is 0 Å². The zero-order chi connectivity index (χ0) is 29.5. The van der Waals surface area contributed by atoms with E-state index in [0.29, 0.717) is 19.1 Å². The van der Waals surface area contributed by atoms with E-state index in [4.69, 9.17) is 0 Å². The average Bonchev–Trinajstić information content (AvgIpc) is 3.62. The molecule has 224 valence electrons. The molecule has 0 radical (unpaired) electrons. The Labute approximate surface area is 293 Å². The van der Waals surface area contributed by atoms with Crippen LogP contribution >= 0.6 is 0 Å². The number of fused-ring (bicyclic) bond motifs is 2. The van der Waals surface area contributed by atoms with Crippen molar-refractivity contribution >= 4 is 12.2 Å². The summed E-state index contributed by atoms with van der Waals surface area (Å²) in [5.41, 5.74) is 17.6. The molecule has 0 aromatic heterocycles. The quantitative estimate of drug-likeness (QED) is 0.212. The molecule has 0 fully saturated rings. The van der Waals surface area contributed by atoms with Gasteiger partial charge in [-0.2, -0.15) is 0 Å². The van der Waals surface area contributed by atoms with E-state index in [-0.39, 0.29) is 24.8 Å². The number of halogens is 2. The van der Waals surface area contributed by atoms with Crippen LogP contribution in [0.25, 0.3) is 34.4 Å². The summed E-state index contributed by atoms with van der Waals surface area (Å²) >= 11 is -1.09. The molecular weight excluding hydrogens is 667 g/mol. The van der Waals surface area contributed by atoms with Crippen molar-refractivity contribution in [3.05, 3.63) is 166 Å². The summed E-state index contributed by atoms with van der Waals surface area (Å²) in [6.07, 6.45) is 5.17. The summed E-state index contributed by atoms with van der Waals surface area (Å²) < 4.78 is 1.08. The maximum atomic E-state index is 2.60. The van der Waals surface area contributed by atoms with Gasteiger partial charge >= 0.3 is 270 Å². The normalized spacial score (nSPS) is 16.8. The van der Waals surface area contributed by atoms with Gasteiger partial charge in [-0.15, -0.1) is 0 Å². The Morgan fingerprint density at radius 3 is 1.69 bits per heavy atom. The van der Waals surface area contributed by atoms with Gasteiger partial charge in [-0.3, -0.25) is 0 Å². The van der Waals surface area contributed by atoms with Crippen molar-refractivity contribution in [1.82, 2.24) is 0 Å². The van der Waals surface area contributed by atoms with E-state index in [1.165, 1.54) is 44.5 Å². The molecule has 3 heteroatoms. The molecule has 45 heavy (non-hydrogen) atoms. The van der Waals surface area contributed by atoms with Crippen molar-refractivity contribution < 1.29 is 48.0 Å². The number of benzene rings is 5. The molecule has 5 aromatic rings. The first kappa shape index (κ1) is 33.4. The van der Waals surface area contributed by atoms with Crippen molar-refractivity contribution in [3.63, 3.8) is 0 Å². The topological polar surface area (TPSA) is 0 Å². The van der Waals surface area contributed by atoms with Gasteiger partial charge in [0.25, 0.3) is 0 Å². The Morgan fingerprint density at radius 1 is 0.533 bits per heavy atom. The third-order valence-corrected chi connectivity index (χ3v) is 14.3. The Bertz CT molecular complexity index is 1840. The van der Waals surface area contributed by atoms with Crippen LogP contribution in [-0.4, -0.2) is 0 Å². The fourth-order valence-electron chi connectivity index (χ4n) is 7.21. The number of hydrogen-bond donors (Lipinski definition) is 0. The number of hydrogen-bond acceptors (Lipinski definition) is 0. The minimum atomic E-state index is -1.09. The van der Waals surface area contributed by atoms with Gasteiger partial charge in [0.15, 0.2) is 0 Å². The van der Waals surface area contributed by atoms with E-state index in [1.54, 1.807) is 22.3 Å². The van der Waals surface area contributed by atoms with E-state index in [2.05, 4.69) is 161 Å². The third kappa shape index (κ3) is 6.25. The van der Waals surface area contributed by atoms with Crippen LogP contribution < -0.4 is 24.8 Å². The molecule has 0 nitrogen and oxygen atoms in total. The predicted molar refractivity (Wildman–Crippen MR) is 180 cm³/mol. The zero-order valence-corrected chi connectivity index (χ0v) is 30.2. The minimum absolute atomic E-state index is 0. The molecule has 2 aliphatic carbocycles. The largest absolute Gasteiger partial charge is 1.00 e. The zero-order valence-electron chi connectivity index (χ0n) is 26.3. The Morgan fingerprint density at radius 2 is 1.09 bits per heavy atom. The number of aryl methyl sites for hydroxylation is 1. The maximum absolute atomic E-state index is 2.60. The fraction of sp³-hybridized carbons (Fsp3) is 0.190. The molecule has 0 saturated heterocycles. The van der Waals surface area contributed by atoms with Crippen molar-refractivity contribution in [1.29, 1.82) is 0 Å². The van der Waals surface area contributed by atoms with Crippen molar-refractivity contribution in [2.45, 2.75) is 40.9 Å². The molecular formula is C42H38Cl2Zr. The molecule has 3 atom stereocenters. The molecule has 0 aliphatic heterocycles. The second kappa shape index (κ2) is 14.2. The third-order valence-electron chi connectivity index (χ3n) is 9.50. The van der Waals surface area contributed by atoms with Crippen molar-refractivity contribution in [3.8, 4) is 22.3 Å². The second-order valence-corrected chi connectivity index (χ2v) is 16.1. The summed E-state index contributed by atoms with van der Waals surface area (Å²) in [4.78, 5) is 0. The molecule has 0 bridgehead atoms. The van der Waals surface area contributed by atoms with Crippen molar-refractivity contribution in [2.75, 3.05) is 0 Å². The van der Waals surface area contributed by atoms with E-state index in [1.807, 2.05) is 0 Å². The smallest absolute Gasteiger partial charge is 1.00 e. The van der Waals surface area contributed by atoms with Crippen LogP contribution in [0.4, 0.5) is 0 Å². The summed E-state index contributed by atoms with van der Waals surface area (Å²) in [6, 6.07) is 44.9. The first-order valence-corrected chi connectivity index (χ1v) is 18.5. The minimum Gasteiger partial charge on any atom is -1.00 e. The van der Waals surface area contributed by atoms with Gasteiger partial charge in [0.1, 0.15) is 0 Å². The van der Waals surface area contributed by atoms with Gasteiger partial charge < -0.3 is 24.8 Å². The van der Waals surface area contributed by atoms with E-state index >= 15 is 0 Å². The van der Waals surface area contributed by atoms with Gasteiger partial charge in [-0.1, -0.05) is 0 Å². The summed E-state index contributed by atoms with van der Waals surface area (Å²) in [5.74, 6) is 0.907. The standard InChI is InChI=1S/C24H21.C18H17.2ClH.Zr/c1-17-13-14-22(20-11-7-4-8-12-20)24-16-21(15-23(17)24)18(2)19-9-5-3-6-10-19;1-13(2)16-11-15-9-6-10-17(18(15)12-16)14-7-4-3-5-8-14;;;/h3-16,18H,1-2H3;3-13H,1-2H3;2*1H;/q;;;;+2/p-2. The summed E-state index contributed by atoms with van der Waals surface area (Å²) in [7, 11) is 0. The van der Waals surface area contributed by atoms with Gasteiger partial charge in [0.2, 0.25) is 0 Å². The van der Waals surface area contributed by atoms with Crippen LogP contribution in [0.15, 0.2) is 132 Å². The van der Waals surface area contributed by atoms with Gasteiger partial charge in [-0.05, 0) is 0 Å². The molecule has 0 amide bonds. The SMILES string of the molecule is Cc1ccc(-c2ccccc2)c2c1[CH]([Zr+2][CH]1C(C(C)C)=Cc3c(-c4ccccc4)cccc31)C(C(C)c1ccccc1)=C2.[Cl-].[Cl-]. The van der Waals surface area contributed by atoms with E-state index < -0.39 is 23.2 Å². The molecule has 0 heterocycles. The number of allylic oxidation sites excluding steroid dienone is 2. The molecule has 0 N–H and O–H groups in total. The van der Waals surface area contributed by atoms with E-state index in [0.717, 1.165) is 0 Å². The first-order chi connectivity index (χ1) is 21.0. The summed E-state index contributed by atoms with van der Waals surface area (Å²) in [5, 5.41) is 0. The van der Waals surface area contributed by atoms with Crippen LogP contribution in [0.2, 0.25) is 0 Å². The van der Waals surface area contributed by atoms with Gasteiger partial charge in [-0.25, -0.2) is 0 Å². The molecule has 2 aliphatic rings. The van der Waals surface area contributed by atoms with E-state index in [9.17, 15) is 0 Å². The van der Waals surface area contributed by atoms with Crippen molar-refractivity contribution in [2.24, 2.45) is 5.92 Å². The van der Waals surface area contributed by atoms with Crippen LogP contribution in [0, 0.1) is 12.8 Å². The molecule has 3 unspecified atom stereocenters. The summed E-state index contributed by atoms with van der Waals surface area (Å²) in [6.45, 7) is 9.58. The predicted octanol–water partition coefficient (Wildman–Crippen LogP) is 5.46. The monoisotopic (exact) mass is 702 g/mol. The Kier molecular flexibility index (Phi) is 10.6. The van der Waals surface area contributed by atoms with Gasteiger partial charge in [0.05, 0.1) is 0 Å². The fourth-order valence-corrected chi connectivity index (χ4v) is 13.2. The first-order valence-electron chi connectivity index (χ1n) is 15.6. The number of rotatable bonds is 7. The maximum Gasteiger partial charge on any atom is -1.00 e. The van der Waals surface area contributed by atoms with Crippen LogP contribution in [0.1, 0.15) is 67.3 Å². The Balaban J connectivity index is 0.00000200. The average molecular weight is 705 g/mol. The van der Waals surface area contributed by atoms with Crippen LogP contribution in [-0.2, 0) is 23.2 Å². The molecule has 5 aromatic carbocycles. The van der Waals surface area contributed by atoms with Gasteiger partial charge in [0, 0.05) is 0 Å². The second-order valence-electron chi connectivity index (χ2n) is 12.4. The van der Waals surface area contributed by atoms with Crippen LogP contribution in [0.3, 0.4) is 0 Å². The molecule has 7 rings (SSSR count). The molecule has 0 spiro atoms. The molecule has 0 saturated carbocycles.